The molecule has 0 spiro atoms. The van der Waals surface area contributed by atoms with Gasteiger partial charge >= 0.3 is 0 Å². The highest BCUT2D eigenvalue weighted by atomic mass is 32.2. The molecule has 1 saturated heterocycles. The van der Waals surface area contributed by atoms with Crippen molar-refractivity contribution in [3.8, 4) is 5.75 Å². The number of hydrogen-bond acceptors (Lipinski definition) is 5. The van der Waals surface area contributed by atoms with E-state index in [9.17, 15) is 13.2 Å². The van der Waals surface area contributed by atoms with Crippen molar-refractivity contribution in [3.05, 3.63) is 54.1 Å². The summed E-state index contributed by atoms with van der Waals surface area (Å²) in [5.41, 5.74) is 1.51. The van der Waals surface area contributed by atoms with Crippen molar-refractivity contribution in [2.24, 2.45) is 0 Å². The molecule has 2 aromatic carbocycles. The Bertz CT molecular complexity index is 985. The van der Waals surface area contributed by atoms with Crippen LogP contribution in [-0.2, 0) is 14.8 Å². The zero-order chi connectivity index (χ0) is 20.9. The average Bonchev–Trinajstić information content (AvgIpc) is 3.23. The number of amides is 1. The molecule has 1 heterocycles. The topological polar surface area (TPSA) is 87.7 Å². The fourth-order valence-corrected chi connectivity index (χ4v) is 4.72. The van der Waals surface area contributed by atoms with E-state index in [0.717, 1.165) is 18.4 Å². The van der Waals surface area contributed by atoms with Crippen LogP contribution in [0, 0.1) is 6.92 Å². The minimum atomic E-state index is -3.45. The van der Waals surface area contributed by atoms with E-state index >= 15 is 0 Å². The molecule has 0 radical (unpaired) electrons. The highest BCUT2D eigenvalue weighted by molar-refractivity contribution is 7.89. The van der Waals surface area contributed by atoms with Crippen LogP contribution in [0.2, 0.25) is 0 Å². The third kappa shape index (κ3) is 5.53. The standard InChI is InChI=1S/C20H23N3O4S2/c1-15-6-2-3-7-18(15)27-14-19(24)22-20(28)21-16-8-10-17(11-9-16)29(25,26)23-12-4-5-13-23/h2-3,6-11H,4-5,12-14H2,1H3,(H2,21,22,24,28). The van der Waals surface area contributed by atoms with E-state index in [2.05, 4.69) is 10.6 Å². The summed E-state index contributed by atoms with van der Waals surface area (Å²) in [7, 11) is -3.45. The summed E-state index contributed by atoms with van der Waals surface area (Å²) < 4.78 is 32.0. The summed E-state index contributed by atoms with van der Waals surface area (Å²) in [4.78, 5) is 12.3. The Morgan fingerprint density at radius 1 is 1.10 bits per heavy atom. The van der Waals surface area contributed by atoms with Gasteiger partial charge in [-0.25, -0.2) is 8.42 Å². The molecule has 7 nitrogen and oxygen atoms in total. The van der Waals surface area contributed by atoms with E-state index in [4.69, 9.17) is 17.0 Å². The van der Waals surface area contributed by atoms with Gasteiger partial charge in [0.1, 0.15) is 5.75 Å². The maximum atomic E-state index is 12.5. The van der Waals surface area contributed by atoms with Crippen LogP contribution in [0.5, 0.6) is 5.75 Å². The highest BCUT2D eigenvalue weighted by Crippen LogP contribution is 2.22. The molecule has 0 aliphatic carbocycles. The van der Waals surface area contributed by atoms with Gasteiger partial charge in [0.05, 0.1) is 4.90 Å². The highest BCUT2D eigenvalue weighted by Gasteiger charge is 2.26. The van der Waals surface area contributed by atoms with Gasteiger partial charge < -0.3 is 10.1 Å². The monoisotopic (exact) mass is 433 g/mol. The first-order chi connectivity index (χ1) is 13.9. The van der Waals surface area contributed by atoms with Crippen LogP contribution in [0.25, 0.3) is 0 Å². The van der Waals surface area contributed by atoms with Gasteiger partial charge in [-0.2, -0.15) is 4.31 Å². The Labute approximate surface area is 176 Å². The van der Waals surface area contributed by atoms with Crippen molar-refractivity contribution < 1.29 is 17.9 Å². The van der Waals surface area contributed by atoms with Gasteiger partial charge in [-0.05, 0) is 67.9 Å². The number of thiocarbonyl (C=S) groups is 1. The number of ether oxygens (including phenoxy) is 1. The van der Waals surface area contributed by atoms with E-state index < -0.39 is 10.0 Å². The lowest BCUT2D eigenvalue weighted by Gasteiger charge is -2.16. The van der Waals surface area contributed by atoms with Crippen molar-refractivity contribution in [2.75, 3.05) is 25.0 Å². The maximum absolute atomic E-state index is 12.5. The minimum absolute atomic E-state index is 0.110. The van der Waals surface area contributed by atoms with E-state index in [-0.39, 0.29) is 22.5 Å². The molecule has 2 N–H and O–H groups in total. The number of carbonyl (C=O) groups is 1. The molecule has 0 unspecified atom stereocenters. The molecule has 2 aromatic rings. The van der Waals surface area contributed by atoms with Gasteiger partial charge in [-0.3, -0.25) is 10.1 Å². The Balaban J connectivity index is 1.51. The van der Waals surface area contributed by atoms with Crippen molar-refractivity contribution >= 4 is 38.9 Å². The van der Waals surface area contributed by atoms with Gasteiger partial charge in [0.25, 0.3) is 5.91 Å². The number of para-hydroxylation sites is 1. The number of aryl methyl sites for hydroxylation is 1. The Kier molecular flexibility index (Phi) is 6.83. The minimum Gasteiger partial charge on any atom is -0.483 e. The van der Waals surface area contributed by atoms with Crippen LogP contribution in [0.1, 0.15) is 18.4 Å². The summed E-state index contributed by atoms with van der Waals surface area (Å²) >= 11 is 5.14. The Morgan fingerprint density at radius 2 is 1.76 bits per heavy atom. The SMILES string of the molecule is Cc1ccccc1OCC(=O)NC(=S)Nc1ccc(S(=O)(=O)N2CCCC2)cc1. The molecule has 0 atom stereocenters. The number of sulfonamides is 1. The lowest BCUT2D eigenvalue weighted by molar-refractivity contribution is -0.121. The molecule has 3 rings (SSSR count). The van der Waals surface area contributed by atoms with E-state index in [1.807, 2.05) is 25.1 Å². The molecule has 1 amide bonds. The molecular weight excluding hydrogens is 410 g/mol. The quantitative estimate of drug-likeness (QED) is 0.681. The molecule has 1 aliphatic rings. The lowest BCUT2D eigenvalue weighted by atomic mass is 10.2. The van der Waals surface area contributed by atoms with Crippen LogP contribution >= 0.6 is 12.2 Å². The van der Waals surface area contributed by atoms with E-state index in [1.165, 1.54) is 16.4 Å². The summed E-state index contributed by atoms with van der Waals surface area (Å²) in [6.07, 6.45) is 1.78. The lowest BCUT2D eigenvalue weighted by Crippen LogP contribution is -2.37. The molecule has 0 bridgehead atoms. The van der Waals surface area contributed by atoms with Gasteiger partial charge in [-0.15, -0.1) is 0 Å². The molecule has 154 valence electrons. The molecule has 0 aromatic heterocycles. The smallest absolute Gasteiger partial charge is 0.264 e. The van der Waals surface area contributed by atoms with Crippen molar-refractivity contribution in [1.29, 1.82) is 0 Å². The van der Waals surface area contributed by atoms with Gasteiger partial charge in [0, 0.05) is 18.8 Å². The van der Waals surface area contributed by atoms with Gasteiger partial charge in [0.2, 0.25) is 10.0 Å². The third-order valence-corrected chi connectivity index (χ3v) is 6.64. The average molecular weight is 434 g/mol. The Morgan fingerprint density at radius 3 is 2.41 bits per heavy atom. The van der Waals surface area contributed by atoms with Crippen LogP contribution in [0.3, 0.4) is 0 Å². The first-order valence-electron chi connectivity index (χ1n) is 9.26. The summed E-state index contributed by atoms with van der Waals surface area (Å²) in [6, 6.07) is 13.7. The number of nitrogens with one attached hydrogen (secondary N) is 2. The second-order valence-corrected chi connectivity index (χ2v) is 9.04. The van der Waals surface area contributed by atoms with Gasteiger partial charge in [0.15, 0.2) is 11.7 Å². The maximum Gasteiger partial charge on any atom is 0.264 e. The molecule has 0 saturated carbocycles. The molecule has 9 heteroatoms. The van der Waals surface area contributed by atoms with Crippen LogP contribution in [0.15, 0.2) is 53.4 Å². The normalized spacial score (nSPS) is 14.4. The second kappa shape index (κ2) is 9.34. The number of rotatable bonds is 6. The van der Waals surface area contributed by atoms with E-state index in [0.29, 0.717) is 24.5 Å². The summed E-state index contributed by atoms with van der Waals surface area (Å²) in [5, 5.41) is 5.51. The van der Waals surface area contributed by atoms with Crippen molar-refractivity contribution in [3.63, 3.8) is 0 Å². The third-order valence-electron chi connectivity index (χ3n) is 4.52. The first kappa shape index (κ1) is 21.2. The predicted octanol–water partition coefficient (Wildman–Crippen LogP) is 2.67. The number of hydrogen-bond donors (Lipinski definition) is 2. The van der Waals surface area contributed by atoms with Crippen LogP contribution < -0.4 is 15.4 Å². The fraction of sp³-hybridized carbons (Fsp3) is 0.300. The number of nitrogens with zero attached hydrogens (tertiary/aromatic N) is 1. The zero-order valence-electron chi connectivity index (χ0n) is 16.1. The second-order valence-electron chi connectivity index (χ2n) is 6.69. The largest absolute Gasteiger partial charge is 0.483 e. The molecule has 29 heavy (non-hydrogen) atoms. The molecule has 1 fully saturated rings. The Hall–Kier alpha value is -2.49. The predicted molar refractivity (Wildman–Crippen MR) is 115 cm³/mol. The first-order valence-corrected chi connectivity index (χ1v) is 11.1. The molecule has 1 aliphatic heterocycles. The molecular formula is C20H23N3O4S2. The number of carbonyl (C=O) groups excluding carboxylic acids is 1. The van der Waals surface area contributed by atoms with E-state index in [1.54, 1.807) is 18.2 Å². The number of benzene rings is 2. The summed E-state index contributed by atoms with van der Waals surface area (Å²) in [5.74, 6) is 0.246. The van der Waals surface area contributed by atoms with Crippen molar-refractivity contribution in [2.45, 2.75) is 24.7 Å². The van der Waals surface area contributed by atoms with Crippen molar-refractivity contribution in [1.82, 2.24) is 9.62 Å². The zero-order valence-corrected chi connectivity index (χ0v) is 17.7. The number of anilines is 1. The summed E-state index contributed by atoms with van der Waals surface area (Å²) in [6.45, 7) is 2.85. The van der Waals surface area contributed by atoms with Crippen LogP contribution in [-0.4, -0.2) is 43.4 Å². The fourth-order valence-electron chi connectivity index (χ4n) is 2.97. The van der Waals surface area contributed by atoms with Gasteiger partial charge in [-0.1, -0.05) is 18.2 Å². The van der Waals surface area contributed by atoms with Crippen LogP contribution in [0.4, 0.5) is 5.69 Å².